The summed E-state index contributed by atoms with van der Waals surface area (Å²) in [4.78, 5) is 37.1. The van der Waals surface area contributed by atoms with Crippen LogP contribution in [0.5, 0.6) is 11.5 Å². The molecule has 3 rings (SSSR count). The van der Waals surface area contributed by atoms with Gasteiger partial charge < -0.3 is 19.5 Å². The highest BCUT2D eigenvalue weighted by Gasteiger charge is 2.18. The van der Waals surface area contributed by atoms with Crippen molar-refractivity contribution in [2.45, 2.75) is 19.9 Å². The largest absolute Gasteiger partial charge is 0.493 e. The maximum atomic E-state index is 12.6. The highest BCUT2D eigenvalue weighted by Crippen LogP contribution is 2.27. The molecule has 9 heteroatoms. The molecular formula is C23H25N3O6. The van der Waals surface area contributed by atoms with Crippen molar-refractivity contribution in [3.63, 3.8) is 0 Å². The zero-order valence-electron chi connectivity index (χ0n) is 18.2. The lowest BCUT2D eigenvalue weighted by Crippen LogP contribution is -2.31. The summed E-state index contributed by atoms with van der Waals surface area (Å²) in [6, 6.07) is 12.2. The normalized spacial score (nSPS) is 10.6. The average Bonchev–Trinajstić information content (AvgIpc) is 2.82. The Bertz CT molecular complexity index is 1190. The third-order valence-electron chi connectivity index (χ3n) is 4.88. The smallest absolute Gasteiger partial charge is 0.359 e. The summed E-state index contributed by atoms with van der Waals surface area (Å²) in [5, 5.41) is 7.57. The van der Waals surface area contributed by atoms with Crippen LogP contribution in [0.1, 0.15) is 23.0 Å². The Morgan fingerprint density at radius 3 is 2.44 bits per heavy atom. The van der Waals surface area contributed by atoms with Crippen LogP contribution < -0.4 is 20.3 Å². The number of methoxy groups -OCH3 is 2. The van der Waals surface area contributed by atoms with Crippen molar-refractivity contribution < 1.29 is 23.8 Å². The van der Waals surface area contributed by atoms with Crippen molar-refractivity contribution in [3.8, 4) is 11.5 Å². The van der Waals surface area contributed by atoms with E-state index in [2.05, 4.69) is 10.4 Å². The number of hydrogen-bond acceptors (Lipinski definition) is 7. The first-order valence-electron chi connectivity index (χ1n) is 10.1. The monoisotopic (exact) mass is 439 g/mol. The van der Waals surface area contributed by atoms with Crippen LogP contribution in [0.2, 0.25) is 0 Å². The molecule has 0 bridgehead atoms. The standard InChI is InChI=1S/C23H25N3O6/c1-4-26-22(28)17-8-6-5-7-16(17)21(25-26)23(29)32-14-20(27)24-12-11-15-9-10-18(30-2)19(13-15)31-3/h5-10,13H,4,11-12,14H2,1-3H3,(H,24,27). The molecule has 1 aromatic heterocycles. The minimum absolute atomic E-state index is 0.000165. The molecule has 0 spiro atoms. The van der Waals surface area contributed by atoms with Crippen LogP contribution in [0.25, 0.3) is 10.8 Å². The van der Waals surface area contributed by atoms with Crippen LogP contribution in [0, 0.1) is 0 Å². The molecule has 3 aromatic rings. The van der Waals surface area contributed by atoms with Gasteiger partial charge in [-0.05, 0) is 37.1 Å². The number of aryl methyl sites for hydroxylation is 1. The zero-order valence-corrected chi connectivity index (χ0v) is 18.2. The highest BCUT2D eigenvalue weighted by atomic mass is 16.5. The number of hydrogen-bond donors (Lipinski definition) is 1. The van der Waals surface area contributed by atoms with Crippen LogP contribution in [0.3, 0.4) is 0 Å². The Labute approximate surface area is 184 Å². The second kappa shape index (κ2) is 10.4. The molecule has 0 aliphatic carbocycles. The summed E-state index contributed by atoms with van der Waals surface area (Å²) in [5.74, 6) is 0.0338. The molecule has 1 N–H and O–H groups in total. The zero-order chi connectivity index (χ0) is 23.1. The second-order valence-corrected chi connectivity index (χ2v) is 6.88. The van der Waals surface area contributed by atoms with Crippen molar-refractivity contribution in [1.29, 1.82) is 0 Å². The van der Waals surface area contributed by atoms with E-state index in [-0.39, 0.29) is 11.3 Å². The fourth-order valence-electron chi connectivity index (χ4n) is 3.23. The second-order valence-electron chi connectivity index (χ2n) is 6.88. The first-order valence-corrected chi connectivity index (χ1v) is 10.1. The molecule has 1 heterocycles. The van der Waals surface area contributed by atoms with Crippen LogP contribution in [-0.4, -0.2) is 49.0 Å². The first kappa shape index (κ1) is 22.8. The molecule has 0 unspecified atom stereocenters. The molecule has 0 aliphatic rings. The Balaban J connectivity index is 1.58. The van der Waals surface area contributed by atoms with E-state index in [0.29, 0.717) is 41.8 Å². The molecule has 0 atom stereocenters. The summed E-state index contributed by atoms with van der Waals surface area (Å²) < 4.78 is 16.8. The van der Waals surface area contributed by atoms with E-state index in [4.69, 9.17) is 14.2 Å². The molecule has 2 aromatic carbocycles. The number of benzene rings is 2. The Hall–Kier alpha value is -3.88. The molecule has 0 aliphatic heterocycles. The van der Waals surface area contributed by atoms with Gasteiger partial charge in [-0.2, -0.15) is 5.10 Å². The van der Waals surface area contributed by atoms with E-state index in [1.807, 2.05) is 12.1 Å². The number of nitrogens with one attached hydrogen (secondary N) is 1. The maximum absolute atomic E-state index is 12.6. The topological polar surface area (TPSA) is 109 Å². The number of fused-ring (bicyclic) bond motifs is 1. The molecular weight excluding hydrogens is 414 g/mol. The number of nitrogens with zero attached hydrogens (tertiary/aromatic N) is 2. The van der Waals surface area contributed by atoms with Crippen molar-refractivity contribution in [2.75, 3.05) is 27.4 Å². The van der Waals surface area contributed by atoms with Gasteiger partial charge in [0.15, 0.2) is 23.8 Å². The third-order valence-corrected chi connectivity index (χ3v) is 4.88. The number of amides is 1. The number of aromatic nitrogens is 2. The summed E-state index contributed by atoms with van der Waals surface area (Å²) >= 11 is 0. The summed E-state index contributed by atoms with van der Waals surface area (Å²) in [6.45, 7) is 1.96. The van der Waals surface area contributed by atoms with Gasteiger partial charge >= 0.3 is 5.97 Å². The predicted molar refractivity (Wildman–Crippen MR) is 118 cm³/mol. The van der Waals surface area contributed by atoms with E-state index in [1.165, 1.54) is 4.68 Å². The highest BCUT2D eigenvalue weighted by molar-refractivity contribution is 6.02. The molecule has 0 saturated carbocycles. The van der Waals surface area contributed by atoms with Gasteiger partial charge in [0.25, 0.3) is 11.5 Å². The van der Waals surface area contributed by atoms with E-state index in [9.17, 15) is 14.4 Å². The molecule has 1 amide bonds. The SMILES string of the molecule is CCn1nc(C(=O)OCC(=O)NCCc2ccc(OC)c(OC)c2)c2ccccc2c1=O. The van der Waals surface area contributed by atoms with E-state index >= 15 is 0 Å². The summed E-state index contributed by atoms with van der Waals surface area (Å²) in [6.07, 6.45) is 0.563. The van der Waals surface area contributed by atoms with Crippen LogP contribution >= 0.6 is 0 Å². The van der Waals surface area contributed by atoms with Gasteiger partial charge in [0.2, 0.25) is 0 Å². The van der Waals surface area contributed by atoms with Gasteiger partial charge in [-0.3, -0.25) is 9.59 Å². The number of rotatable bonds is 9. The molecule has 9 nitrogen and oxygen atoms in total. The van der Waals surface area contributed by atoms with Gasteiger partial charge in [-0.15, -0.1) is 0 Å². The number of carbonyl (C=O) groups is 2. The fourth-order valence-corrected chi connectivity index (χ4v) is 3.23. The Morgan fingerprint density at radius 1 is 1.03 bits per heavy atom. The lowest BCUT2D eigenvalue weighted by Gasteiger charge is -2.11. The van der Waals surface area contributed by atoms with Gasteiger partial charge in [-0.25, -0.2) is 9.48 Å². The molecule has 0 radical (unpaired) electrons. The van der Waals surface area contributed by atoms with Crippen molar-refractivity contribution in [2.24, 2.45) is 0 Å². The quantitative estimate of drug-likeness (QED) is 0.508. The average molecular weight is 439 g/mol. The fraction of sp³-hybridized carbons (Fsp3) is 0.304. The number of esters is 1. The van der Waals surface area contributed by atoms with Crippen molar-refractivity contribution >= 4 is 22.6 Å². The minimum Gasteiger partial charge on any atom is -0.493 e. The number of ether oxygens (including phenoxy) is 3. The molecule has 168 valence electrons. The van der Waals surface area contributed by atoms with Gasteiger partial charge in [0.05, 0.1) is 19.6 Å². The van der Waals surface area contributed by atoms with Crippen LogP contribution in [0.15, 0.2) is 47.3 Å². The van der Waals surface area contributed by atoms with Crippen molar-refractivity contribution in [1.82, 2.24) is 15.1 Å². The summed E-state index contributed by atoms with van der Waals surface area (Å²) in [5.41, 5.74) is 0.671. The van der Waals surface area contributed by atoms with Crippen LogP contribution in [0.4, 0.5) is 0 Å². The van der Waals surface area contributed by atoms with E-state index in [1.54, 1.807) is 51.5 Å². The maximum Gasteiger partial charge on any atom is 0.359 e. The van der Waals surface area contributed by atoms with E-state index in [0.717, 1.165) is 5.56 Å². The Kier molecular flexibility index (Phi) is 7.43. The lowest BCUT2D eigenvalue weighted by atomic mass is 10.1. The van der Waals surface area contributed by atoms with Crippen LogP contribution in [-0.2, 0) is 22.5 Å². The van der Waals surface area contributed by atoms with E-state index < -0.39 is 18.5 Å². The summed E-state index contributed by atoms with van der Waals surface area (Å²) in [7, 11) is 3.12. The lowest BCUT2D eigenvalue weighted by molar-refractivity contribution is -0.124. The number of carbonyl (C=O) groups excluding carboxylic acids is 2. The van der Waals surface area contributed by atoms with Gasteiger partial charge in [-0.1, -0.05) is 24.3 Å². The molecule has 32 heavy (non-hydrogen) atoms. The molecule has 0 fully saturated rings. The minimum atomic E-state index is -0.765. The van der Waals surface area contributed by atoms with Gasteiger partial charge in [0, 0.05) is 18.5 Å². The Morgan fingerprint density at radius 2 is 1.75 bits per heavy atom. The van der Waals surface area contributed by atoms with Gasteiger partial charge in [0.1, 0.15) is 0 Å². The third kappa shape index (κ3) is 5.05. The first-order chi connectivity index (χ1) is 15.5. The van der Waals surface area contributed by atoms with Crippen molar-refractivity contribution in [3.05, 3.63) is 64.1 Å². The molecule has 0 saturated heterocycles. The predicted octanol–water partition coefficient (Wildman–Crippen LogP) is 1.95.